The van der Waals surface area contributed by atoms with Crippen LogP contribution in [-0.4, -0.2) is 5.91 Å². The van der Waals surface area contributed by atoms with E-state index in [0.717, 1.165) is 15.7 Å². The molecule has 2 aromatic carbocycles. The highest BCUT2D eigenvalue weighted by Crippen LogP contribution is 2.22. The molecular weight excluding hydrogens is 328 g/mol. The minimum absolute atomic E-state index is 0.440. The number of nitrogens with one attached hydrogen (secondary N) is 1. The van der Waals surface area contributed by atoms with Crippen LogP contribution in [0.15, 0.2) is 46.9 Å². The normalized spacial score (nSPS) is 10.2. The Balaban J connectivity index is 2.10. The molecule has 0 unspecified atom stereocenters. The average Bonchev–Trinajstić information content (AvgIpc) is 2.38. The van der Waals surface area contributed by atoms with E-state index >= 15 is 0 Å². The maximum absolute atomic E-state index is 11.1. The molecule has 3 N–H and O–H groups in total. The van der Waals surface area contributed by atoms with E-state index in [4.69, 9.17) is 17.3 Å². The number of rotatable bonds is 4. The van der Waals surface area contributed by atoms with E-state index in [1.54, 1.807) is 18.2 Å². The smallest absolute Gasteiger partial charge is 0.248 e. The number of nitrogens with two attached hydrogens (primary N) is 1. The summed E-state index contributed by atoms with van der Waals surface area (Å²) >= 11 is 9.49. The van der Waals surface area contributed by atoms with Gasteiger partial charge in [-0.25, -0.2) is 0 Å². The fourth-order valence-corrected chi connectivity index (χ4v) is 2.38. The second kappa shape index (κ2) is 6.08. The van der Waals surface area contributed by atoms with Crippen molar-refractivity contribution >= 4 is 39.1 Å². The lowest BCUT2D eigenvalue weighted by Gasteiger charge is -2.09. The number of amides is 1. The Labute approximate surface area is 124 Å². The third kappa shape index (κ3) is 3.72. The van der Waals surface area contributed by atoms with Crippen LogP contribution in [0, 0.1) is 0 Å². The van der Waals surface area contributed by atoms with Crippen LogP contribution in [0.4, 0.5) is 5.69 Å². The maximum Gasteiger partial charge on any atom is 0.248 e. The molecule has 0 atom stereocenters. The topological polar surface area (TPSA) is 55.1 Å². The molecule has 5 heteroatoms. The number of hydrogen-bond donors (Lipinski definition) is 2. The zero-order valence-corrected chi connectivity index (χ0v) is 12.3. The number of carbonyl (C=O) groups excluding carboxylic acids is 1. The van der Waals surface area contributed by atoms with Crippen molar-refractivity contribution < 1.29 is 4.79 Å². The van der Waals surface area contributed by atoms with E-state index in [1.165, 1.54) is 0 Å². The van der Waals surface area contributed by atoms with E-state index < -0.39 is 5.91 Å². The summed E-state index contributed by atoms with van der Waals surface area (Å²) in [6.45, 7) is 0.578. The fraction of sp³-hybridized carbons (Fsp3) is 0.0714. The molecule has 19 heavy (non-hydrogen) atoms. The third-order valence-electron chi connectivity index (χ3n) is 2.65. The lowest BCUT2D eigenvalue weighted by atomic mass is 10.1. The summed E-state index contributed by atoms with van der Waals surface area (Å²) in [5, 5.41) is 3.90. The van der Waals surface area contributed by atoms with Crippen LogP contribution in [-0.2, 0) is 6.54 Å². The van der Waals surface area contributed by atoms with Gasteiger partial charge in [0.1, 0.15) is 0 Å². The molecular formula is C14H12BrClN2O. The minimum Gasteiger partial charge on any atom is -0.381 e. The number of anilines is 1. The van der Waals surface area contributed by atoms with Crippen molar-refractivity contribution in [3.63, 3.8) is 0 Å². The molecule has 0 heterocycles. The molecule has 0 radical (unpaired) electrons. The molecule has 1 amide bonds. The fourth-order valence-electron chi connectivity index (χ4n) is 1.64. The van der Waals surface area contributed by atoms with Crippen LogP contribution in [0.5, 0.6) is 0 Å². The monoisotopic (exact) mass is 338 g/mol. The second-order valence-corrected chi connectivity index (χ2v) is 5.36. The molecule has 0 saturated heterocycles. The van der Waals surface area contributed by atoms with E-state index in [9.17, 15) is 4.79 Å². The molecule has 0 aliphatic rings. The first-order valence-corrected chi connectivity index (χ1v) is 6.81. The van der Waals surface area contributed by atoms with Crippen LogP contribution >= 0.6 is 27.5 Å². The van der Waals surface area contributed by atoms with Crippen molar-refractivity contribution in [1.29, 1.82) is 0 Å². The molecule has 0 aliphatic carbocycles. The van der Waals surface area contributed by atoms with Gasteiger partial charge in [0.05, 0.1) is 0 Å². The average molecular weight is 340 g/mol. The highest BCUT2D eigenvalue weighted by molar-refractivity contribution is 9.10. The standard InChI is InChI=1S/C14H12BrClN2O/c15-11-5-4-10(13(16)7-11)8-18-12-3-1-2-9(6-12)14(17)19/h1-7,18H,8H2,(H2,17,19). The van der Waals surface area contributed by atoms with Crippen LogP contribution in [0.1, 0.15) is 15.9 Å². The first kappa shape index (κ1) is 13.9. The van der Waals surface area contributed by atoms with Crippen molar-refractivity contribution in [2.24, 2.45) is 5.73 Å². The Morgan fingerprint density at radius 3 is 2.74 bits per heavy atom. The molecule has 0 aromatic heterocycles. The lowest BCUT2D eigenvalue weighted by molar-refractivity contribution is 0.100. The number of primary amides is 1. The highest BCUT2D eigenvalue weighted by atomic mass is 79.9. The first-order valence-electron chi connectivity index (χ1n) is 5.64. The highest BCUT2D eigenvalue weighted by Gasteiger charge is 2.03. The van der Waals surface area contributed by atoms with Crippen LogP contribution < -0.4 is 11.1 Å². The zero-order valence-electron chi connectivity index (χ0n) is 9.99. The van der Waals surface area contributed by atoms with Crippen molar-refractivity contribution in [3.8, 4) is 0 Å². The van der Waals surface area contributed by atoms with Gasteiger partial charge in [-0.2, -0.15) is 0 Å². The Hall–Kier alpha value is -1.52. The van der Waals surface area contributed by atoms with Gasteiger partial charge in [0.25, 0.3) is 0 Å². The third-order valence-corrected chi connectivity index (χ3v) is 3.49. The quantitative estimate of drug-likeness (QED) is 0.890. The molecule has 0 fully saturated rings. The first-order chi connectivity index (χ1) is 9.06. The van der Waals surface area contributed by atoms with Gasteiger partial charge < -0.3 is 11.1 Å². The van der Waals surface area contributed by atoms with Gasteiger partial charge in [-0.3, -0.25) is 4.79 Å². The van der Waals surface area contributed by atoms with Gasteiger partial charge in [-0.05, 0) is 35.9 Å². The summed E-state index contributed by atoms with van der Waals surface area (Å²) in [4.78, 5) is 11.1. The summed E-state index contributed by atoms with van der Waals surface area (Å²) < 4.78 is 0.942. The van der Waals surface area contributed by atoms with Gasteiger partial charge in [0.2, 0.25) is 5.91 Å². The van der Waals surface area contributed by atoms with E-state index in [1.807, 2.05) is 24.3 Å². The van der Waals surface area contributed by atoms with Crippen LogP contribution in [0.3, 0.4) is 0 Å². The summed E-state index contributed by atoms with van der Waals surface area (Å²) in [5.74, 6) is -0.440. The molecule has 0 bridgehead atoms. The lowest BCUT2D eigenvalue weighted by Crippen LogP contribution is -2.11. The van der Waals surface area contributed by atoms with Gasteiger partial charge in [0, 0.05) is 27.3 Å². The molecule has 0 saturated carbocycles. The van der Waals surface area contributed by atoms with Gasteiger partial charge >= 0.3 is 0 Å². The van der Waals surface area contributed by atoms with Gasteiger partial charge in [-0.15, -0.1) is 0 Å². The van der Waals surface area contributed by atoms with Crippen LogP contribution in [0.2, 0.25) is 5.02 Å². The predicted molar refractivity (Wildman–Crippen MR) is 81.4 cm³/mol. The molecule has 3 nitrogen and oxygen atoms in total. The Morgan fingerprint density at radius 2 is 2.05 bits per heavy atom. The summed E-state index contributed by atoms with van der Waals surface area (Å²) in [6.07, 6.45) is 0. The predicted octanol–water partition coefficient (Wildman–Crippen LogP) is 3.81. The van der Waals surface area contributed by atoms with Gasteiger partial charge in [-0.1, -0.05) is 39.7 Å². The molecule has 98 valence electrons. The van der Waals surface area contributed by atoms with Crippen molar-refractivity contribution in [3.05, 3.63) is 63.1 Å². The maximum atomic E-state index is 11.1. The van der Waals surface area contributed by atoms with E-state index in [0.29, 0.717) is 17.1 Å². The second-order valence-electron chi connectivity index (χ2n) is 4.03. The van der Waals surface area contributed by atoms with Gasteiger partial charge in [0.15, 0.2) is 0 Å². The SMILES string of the molecule is NC(=O)c1cccc(NCc2ccc(Br)cc2Cl)c1. The number of carbonyl (C=O) groups is 1. The Bertz CT molecular complexity index is 616. The van der Waals surface area contributed by atoms with E-state index in [-0.39, 0.29) is 0 Å². The zero-order chi connectivity index (χ0) is 13.8. The Morgan fingerprint density at radius 1 is 1.26 bits per heavy atom. The summed E-state index contributed by atoms with van der Waals surface area (Å²) in [6, 6.07) is 12.8. The van der Waals surface area contributed by atoms with Crippen molar-refractivity contribution in [2.75, 3.05) is 5.32 Å². The Kier molecular flexibility index (Phi) is 4.45. The summed E-state index contributed by atoms with van der Waals surface area (Å²) in [7, 11) is 0. The molecule has 0 spiro atoms. The molecule has 2 aromatic rings. The van der Waals surface area contributed by atoms with Crippen LogP contribution in [0.25, 0.3) is 0 Å². The number of benzene rings is 2. The minimum atomic E-state index is -0.440. The van der Waals surface area contributed by atoms with E-state index in [2.05, 4.69) is 21.2 Å². The number of halogens is 2. The largest absolute Gasteiger partial charge is 0.381 e. The number of hydrogen-bond acceptors (Lipinski definition) is 2. The molecule has 0 aliphatic heterocycles. The van der Waals surface area contributed by atoms with Crippen molar-refractivity contribution in [2.45, 2.75) is 6.54 Å². The van der Waals surface area contributed by atoms with Crippen molar-refractivity contribution in [1.82, 2.24) is 0 Å². The summed E-state index contributed by atoms with van der Waals surface area (Å²) in [5.41, 5.74) is 7.53. The molecule has 2 rings (SSSR count).